The van der Waals surface area contributed by atoms with Crippen LogP contribution in [-0.4, -0.2) is 32.1 Å². The van der Waals surface area contributed by atoms with E-state index in [0.717, 1.165) is 42.3 Å². The SMILES string of the molecule is CCNC(=NCc1ccc(C(N)=O)cc1)NCCc1ccc(C)c(OC)c1. The van der Waals surface area contributed by atoms with E-state index in [2.05, 4.69) is 33.8 Å². The first-order valence-corrected chi connectivity index (χ1v) is 9.08. The van der Waals surface area contributed by atoms with Crippen molar-refractivity contribution in [3.05, 3.63) is 64.7 Å². The van der Waals surface area contributed by atoms with Crippen LogP contribution < -0.4 is 21.1 Å². The molecular weight excluding hydrogens is 340 g/mol. The highest BCUT2D eigenvalue weighted by atomic mass is 16.5. The van der Waals surface area contributed by atoms with Crippen LogP contribution in [0.1, 0.15) is 34.0 Å². The summed E-state index contributed by atoms with van der Waals surface area (Å²) in [6.07, 6.45) is 0.869. The highest BCUT2D eigenvalue weighted by molar-refractivity contribution is 5.92. The molecule has 27 heavy (non-hydrogen) atoms. The second-order valence-corrected chi connectivity index (χ2v) is 6.24. The predicted octanol–water partition coefficient (Wildman–Crippen LogP) is 2.40. The Bertz CT molecular complexity index is 785. The number of guanidine groups is 1. The summed E-state index contributed by atoms with van der Waals surface area (Å²) in [6.45, 7) is 6.13. The molecular formula is C21H28N4O2. The Labute approximate surface area is 160 Å². The van der Waals surface area contributed by atoms with E-state index in [1.165, 1.54) is 5.56 Å². The van der Waals surface area contributed by atoms with Gasteiger partial charge in [0, 0.05) is 18.7 Å². The van der Waals surface area contributed by atoms with Crippen LogP contribution in [0.2, 0.25) is 0 Å². The predicted molar refractivity (Wildman–Crippen MR) is 109 cm³/mol. The standard InChI is InChI=1S/C21H28N4O2/c1-4-23-21(25-14-17-7-9-18(10-8-17)20(22)26)24-12-11-16-6-5-15(2)19(13-16)27-3/h5-10,13H,4,11-12,14H2,1-3H3,(H2,22,26)(H2,23,24,25). The number of aryl methyl sites for hydroxylation is 1. The largest absolute Gasteiger partial charge is 0.496 e. The molecule has 0 aliphatic carbocycles. The fraction of sp³-hybridized carbons (Fsp3) is 0.333. The Morgan fingerprint density at radius 1 is 1.11 bits per heavy atom. The molecule has 6 nitrogen and oxygen atoms in total. The van der Waals surface area contributed by atoms with Crippen molar-refractivity contribution in [3.8, 4) is 5.75 Å². The molecule has 0 fully saturated rings. The number of rotatable bonds is 8. The zero-order valence-electron chi connectivity index (χ0n) is 16.2. The molecule has 1 amide bonds. The van der Waals surface area contributed by atoms with Crippen molar-refractivity contribution in [1.82, 2.24) is 10.6 Å². The normalized spacial score (nSPS) is 11.1. The molecule has 0 saturated carbocycles. The molecule has 0 aliphatic heterocycles. The van der Waals surface area contributed by atoms with Gasteiger partial charge in [0.15, 0.2) is 5.96 Å². The Hall–Kier alpha value is -3.02. The van der Waals surface area contributed by atoms with Gasteiger partial charge >= 0.3 is 0 Å². The number of amides is 1. The van der Waals surface area contributed by atoms with E-state index in [1.807, 2.05) is 26.0 Å². The number of methoxy groups -OCH3 is 1. The third-order valence-electron chi connectivity index (χ3n) is 4.18. The fourth-order valence-electron chi connectivity index (χ4n) is 2.63. The molecule has 0 radical (unpaired) electrons. The van der Waals surface area contributed by atoms with Crippen molar-refractivity contribution in [1.29, 1.82) is 0 Å². The van der Waals surface area contributed by atoms with Gasteiger partial charge in [0.1, 0.15) is 5.75 Å². The van der Waals surface area contributed by atoms with Crippen LogP contribution in [0.5, 0.6) is 5.75 Å². The minimum Gasteiger partial charge on any atom is -0.496 e. The van der Waals surface area contributed by atoms with E-state index in [1.54, 1.807) is 19.2 Å². The Balaban J connectivity index is 1.92. The number of primary amides is 1. The third-order valence-corrected chi connectivity index (χ3v) is 4.18. The second-order valence-electron chi connectivity index (χ2n) is 6.24. The summed E-state index contributed by atoms with van der Waals surface area (Å²) in [5.74, 6) is 1.25. The lowest BCUT2D eigenvalue weighted by Crippen LogP contribution is -2.38. The van der Waals surface area contributed by atoms with E-state index in [9.17, 15) is 4.79 Å². The first-order chi connectivity index (χ1) is 13.0. The monoisotopic (exact) mass is 368 g/mol. The quantitative estimate of drug-likeness (QED) is 0.493. The molecule has 0 saturated heterocycles. The van der Waals surface area contributed by atoms with E-state index in [-0.39, 0.29) is 0 Å². The molecule has 0 aromatic heterocycles. The summed E-state index contributed by atoms with van der Waals surface area (Å²) in [7, 11) is 1.69. The van der Waals surface area contributed by atoms with Crippen molar-refractivity contribution in [2.75, 3.05) is 20.2 Å². The van der Waals surface area contributed by atoms with Crippen LogP contribution in [0.3, 0.4) is 0 Å². The lowest BCUT2D eigenvalue weighted by Gasteiger charge is -2.12. The minimum atomic E-state index is -0.423. The van der Waals surface area contributed by atoms with Crippen LogP contribution >= 0.6 is 0 Å². The molecule has 2 aromatic rings. The Kier molecular flexibility index (Phi) is 7.67. The second kappa shape index (κ2) is 10.2. The highest BCUT2D eigenvalue weighted by Gasteiger charge is 2.03. The van der Waals surface area contributed by atoms with Crippen LogP contribution in [0.15, 0.2) is 47.5 Å². The molecule has 0 aliphatic rings. The summed E-state index contributed by atoms with van der Waals surface area (Å²) in [6, 6.07) is 13.4. The number of nitrogens with two attached hydrogens (primary N) is 1. The van der Waals surface area contributed by atoms with E-state index in [4.69, 9.17) is 10.5 Å². The molecule has 0 atom stereocenters. The van der Waals surface area contributed by atoms with Gasteiger partial charge in [-0.15, -0.1) is 0 Å². The van der Waals surface area contributed by atoms with Gasteiger partial charge in [0.2, 0.25) is 5.91 Å². The number of hydrogen-bond donors (Lipinski definition) is 3. The van der Waals surface area contributed by atoms with E-state index >= 15 is 0 Å². The number of nitrogens with zero attached hydrogens (tertiary/aromatic N) is 1. The first-order valence-electron chi connectivity index (χ1n) is 9.08. The Morgan fingerprint density at radius 2 is 1.81 bits per heavy atom. The smallest absolute Gasteiger partial charge is 0.248 e. The van der Waals surface area contributed by atoms with Crippen LogP contribution in [0.25, 0.3) is 0 Å². The minimum absolute atomic E-state index is 0.423. The van der Waals surface area contributed by atoms with Gasteiger partial charge < -0.3 is 21.1 Å². The third kappa shape index (κ3) is 6.33. The summed E-state index contributed by atoms with van der Waals surface area (Å²) < 4.78 is 5.38. The van der Waals surface area contributed by atoms with Crippen molar-refractivity contribution < 1.29 is 9.53 Å². The summed E-state index contributed by atoms with van der Waals surface area (Å²) >= 11 is 0. The number of ether oxygens (including phenoxy) is 1. The van der Waals surface area contributed by atoms with Gasteiger partial charge in [-0.1, -0.05) is 24.3 Å². The molecule has 0 heterocycles. The number of carbonyl (C=O) groups is 1. The molecule has 0 spiro atoms. The van der Waals surface area contributed by atoms with Crippen LogP contribution in [-0.2, 0) is 13.0 Å². The summed E-state index contributed by atoms with van der Waals surface area (Å²) in [4.78, 5) is 15.7. The molecule has 6 heteroatoms. The zero-order valence-corrected chi connectivity index (χ0v) is 16.2. The van der Waals surface area contributed by atoms with Gasteiger partial charge in [-0.3, -0.25) is 4.79 Å². The highest BCUT2D eigenvalue weighted by Crippen LogP contribution is 2.19. The number of benzene rings is 2. The van der Waals surface area contributed by atoms with Gasteiger partial charge in [0.05, 0.1) is 13.7 Å². The van der Waals surface area contributed by atoms with Gasteiger partial charge in [0.25, 0.3) is 0 Å². The molecule has 2 aromatic carbocycles. The zero-order chi connectivity index (χ0) is 19.6. The molecule has 0 unspecified atom stereocenters. The molecule has 0 bridgehead atoms. The maximum Gasteiger partial charge on any atom is 0.248 e. The summed E-state index contributed by atoms with van der Waals surface area (Å²) in [5.41, 5.74) is 9.12. The Morgan fingerprint density at radius 3 is 2.44 bits per heavy atom. The maximum atomic E-state index is 11.1. The number of nitrogens with one attached hydrogen (secondary N) is 2. The number of aliphatic imine (C=N–C) groups is 1. The molecule has 4 N–H and O–H groups in total. The van der Waals surface area contributed by atoms with Crippen molar-refractivity contribution in [2.45, 2.75) is 26.8 Å². The summed E-state index contributed by atoms with van der Waals surface area (Å²) in [5, 5.41) is 6.59. The van der Waals surface area contributed by atoms with Crippen molar-refractivity contribution in [3.63, 3.8) is 0 Å². The fourth-order valence-corrected chi connectivity index (χ4v) is 2.63. The van der Waals surface area contributed by atoms with E-state index in [0.29, 0.717) is 12.1 Å². The number of carbonyl (C=O) groups excluding carboxylic acids is 1. The average molecular weight is 368 g/mol. The molecule has 144 valence electrons. The van der Waals surface area contributed by atoms with Gasteiger partial charge in [-0.05, 0) is 55.2 Å². The van der Waals surface area contributed by atoms with Crippen LogP contribution in [0.4, 0.5) is 0 Å². The van der Waals surface area contributed by atoms with Gasteiger partial charge in [-0.25, -0.2) is 4.99 Å². The molecule has 2 rings (SSSR count). The van der Waals surface area contributed by atoms with Crippen molar-refractivity contribution in [2.24, 2.45) is 10.7 Å². The topological polar surface area (TPSA) is 88.7 Å². The van der Waals surface area contributed by atoms with Crippen molar-refractivity contribution >= 4 is 11.9 Å². The lowest BCUT2D eigenvalue weighted by molar-refractivity contribution is 0.100. The van der Waals surface area contributed by atoms with Gasteiger partial charge in [-0.2, -0.15) is 0 Å². The number of hydrogen-bond acceptors (Lipinski definition) is 3. The van der Waals surface area contributed by atoms with Crippen LogP contribution in [0, 0.1) is 6.92 Å². The first kappa shape index (κ1) is 20.3. The lowest BCUT2D eigenvalue weighted by atomic mass is 10.1. The maximum absolute atomic E-state index is 11.1. The van der Waals surface area contributed by atoms with E-state index < -0.39 is 5.91 Å². The average Bonchev–Trinajstić information content (AvgIpc) is 2.67.